The summed E-state index contributed by atoms with van der Waals surface area (Å²) in [6, 6.07) is 7.60. The predicted molar refractivity (Wildman–Crippen MR) is 127 cm³/mol. The minimum Gasteiger partial charge on any atom is -0.496 e. The molecule has 0 aliphatic heterocycles. The normalized spacial score (nSPS) is 11.9. The Morgan fingerprint density at radius 3 is 2.41 bits per heavy atom. The fourth-order valence-corrected chi connectivity index (χ4v) is 2.85. The van der Waals surface area contributed by atoms with E-state index >= 15 is 0 Å². The third kappa shape index (κ3) is 6.95. The number of para-hydroxylation sites is 2. The molecule has 0 fully saturated rings. The van der Waals surface area contributed by atoms with Crippen LogP contribution < -0.4 is 24.8 Å². The first-order valence-corrected chi connectivity index (χ1v) is 9.23. The van der Waals surface area contributed by atoms with E-state index in [4.69, 9.17) is 14.2 Å². The number of pyridine rings is 1. The van der Waals surface area contributed by atoms with Gasteiger partial charge < -0.3 is 24.8 Å². The number of hydrogen-bond acceptors (Lipinski definition) is 5. The lowest BCUT2D eigenvalue weighted by Gasteiger charge is -2.19. The SMILES string of the molecule is CN=C(NCc1ncc(C)c(OC)c1C)NCC(C)Oc1ccccc1OC.I. The van der Waals surface area contributed by atoms with Crippen LogP contribution in [0, 0.1) is 13.8 Å². The molecular weight excluding hydrogens is 483 g/mol. The van der Waals surface area contributed by atoms with Crippen molar-refractivity contribution >= 4 is 29.9 Å². The van der Waals surface area contributed by atoms with Crippen molar-refractivity contribution in [1.82, 2.24) is 15.6 Å². The number of aromatic nitrogens is 1. The second-order valence-electron chi connectivity index (χ2n) is 6.43. The molecule has 2 rings (SSSR count). The maximum atomic E-state index is 5.96. The third-order valence-electron chi connectivity index (χ3n) is 4.35. The molecule has 0 saturated carbocycles. The molecule has 0 aliphatic carbocycles. The van der Waals surface area contributed by atoms with Crippen molar-refractivity contribution in [2.45, 2.75) is 33.4 Å². The van der Waals surface area contributed by atoms with Gasteiger partial charge in [-0.1, -0.05) is 12.1 Å². The molecule has 7 nitrogen and oxygen atoms in total. The molecule has 2 aromatic rings. The Balaban J connectivity index is 0.00000420. The Hall–Kier alpha value is -2.23. The Morgan fingerprint density at radius 1 is 1.10 bits per heavy atom. The van der Waals surface area contributed by atoms with Gasteiger partial charge in [-0.15, -0.1) is 24.0 Å². The van der Waals surface area contributed by atoms with Gasteiger partial charge in [0.2, 0.25) is 0 Å². The fourth-order valence-electron chi connectivity index (χ4n) is 2.85. The molecule has 8 heteroatoms. The summed E-state index contributed by atoms with van der Waals surface area (Å²) in [5.41, 5.74) is 2.97. The quantitative estimate of drug-likeness (QED) is 0.319. The minimum absolute atomic E-state index is 0. The van der Waals surface area contributed by atoms with Crippen molar-refractivity contribution in [3.8, 4) is 17.2 Å². The van der Waals surface area contributed by atoms with Crippen LogP contribution in [-0.4, -0.2) is 44.9 Å². The van der Waals surface area contributed by atoms with Gasteiger partial charge in [-0.3, -0.25) is 9.98 Å². The Morgan fingerprint density at radius 2 is 1.79 bits per heavy atom. The molecule has 1 aromatic heterocycles. The number of nitrogens with zero attached hydrogens (tertiary/aromatic N) is 2. The molecule has 1 atom stereocenters. The van der Waals surface area contributed by atoms with Crippen molar-refractivity contribution in [2.24, 2.45) is 4.99 Å². The molecule has 29 heavy (non-hydrogen) atoms. The number of benzene rings is 1. The van der Waals surface area contributed by atoms with E-state index in [9.17, 15) is 0 Å². The van der Waals surface area contributed by atoms with Crippen LogP contribution >= 0.6 is 24.0 Å². The third-order valence-corrected chi connectivity index (χ3v) is 4.35. The van der Waals surface area contributed by atoms with Crippen molar-refractivity contribution in [3.05, 3.63) is 47.3 Å². The maximum absolute atomic E-state index is 5.96. The summed E-state index contributed by atoms with van der Waals surface area (Å²) in [6.07, 6.45) is 1.75. The molecule has 1 heterocycles. The summed E-state index contributed by atoms with van der Waals surface area (Å²) in [4.78, 5) is 8.76. The van der Waals surface area contributed by atoms with Crippen molar-refractivity contribution in [3.63, 3.8) is 0 Å². The first kappa shape index (κ1) is 24.8. The second kappa shape index (κ2) is 12.4. The first-order valence-electron chi connectivity index (χ1n) is 9.23. The second-order valence-corrected chi connectivity index (χ2v) is 6.43. The summed E-state index contributed by atoms with van der Waals surface area (Å²) < 4.78 is 16.7. The zero-order chi connectivity index (χ0) is 20.5. The van der Waals surface area contributed by atoms with E-state index in [1.54, 1.807) is 21.3 Å². The Bertz CT molecular complexity index is 815. The lowest BCUT2D eigenvalue weighted by atomic mass is 10.1. The highest BCUT2D eigenvalue weighted by molar-refractivity contribution is 14.0. The van der Waals surface area contributed by atoms with Gasteiger partial charge in [-0.2, -0.15) is 0 Å². The van der Waals surface area contributed by atoms with Crippen LogP contribution in [0.1, 0.15) is 23.7 Å². The standard InChI is InChI=1S/C21H30N4O3.HI/c1-14-11-23-17(16(3)20(14)27-6)13-25-21(22-4)24-12-15(2)28-19-10-8-7-9-18(19)26-5;/h7-11,15H,12-13H2,1-6H3,(H2,22,24,25);1H. The number of methoxy groups -OCH3 is 2. The summed E-state index contributed by atoms with van der Waals surface area (Å²) in [5.74, 6) is 2.98. The average molecular weight is 514 g/mol. The van der Waals surface area contributed by atoms with Crippen LogP contribution in [0.15, 0.2) is 35.5 Å². The van der Waals surface area contributed by atoms with E-state index in [0.717, 1.165) is 22.6 Å². The number of rotatable bonds is 8. The number of guanidine groups is 1. The molecule has 0 radical (unpaired) electrons. The zero-order valence-electron chi connectivity index (χ0n) is 17.9. The lowest BCUT2D eigenvalue weighted by Crippen LogP contribution is -2.41. The Labute approximate surface area is 190 Å². The summed E-state index contributed by atoms with van der Waals surface area (Å²) in [6.45, 7) is 7.11. The minimum atomic E-state index is -0.0748. The van der Waals surface area contributed by atoms with Gasteiger partial charge in [0, 0.05) is 24.4 Å². The summed E-state index contributed by atoms with van der Waals surface area (Å²) in [5, 5.41) is 6.55. The fraction of sp³-hybridized carbons (Fsp3) is 0.429. The van der Waals surface area contributed by atoms with Crippen LogP contribution in [-0.2, 0) is 6.54 Å². The van der Waals surface area contributed by atoms with Gasteiger partial charge in [0.1, 0.15) is 11.9 Å². The van der Waals surface area contributed by atoms with E-state index in [1.807, 2.05) is 51.2 Å². The molecular formula is C21H31IN4O3. The van der Waals surface area contributed by atoms with Crippen LogP contribution in [0.5, 0.6) is 17.2 Å². The molecule has 1 aromatic carbocycles. The van der Waals surface area contributed by atoms with Crippen LogP contribution in [0.3, 0.4) is 0 Å². The van der Waals surface area contributed by atoms with Crippen molar-refractivity contribution < 1.29 is 14.2 Å². The molecule has 0 amide bonds. The molecule has 160 valence electrons. The van der Waals surface area contributed by atoms with Gasteiger partial charge in [0.15, 0.2) is 17.5 Å². The number of ether oxygens (including phenoxy) is 3. The van der Waals surface area contributed by atoms with Gasteiger partial charge in [-0.05, 0) is 32.9 Å². The first-order chi connectivity index (χ1) is 13.5. The van der Waals surface area contributed by atoms with E-state index in [0.29, 0.717) is 30.5 Å². The predicted octanol–water partition coefficient (Wildman–Crippen LogP) is 3.47. The van der Waals surface area contributed by atoms with Gasteiger partial charge in [0.25, 0.3) is 0 Å². The van der Waals surface area contributed by atoms with Gasteiger partial charge in [-0.25, -0.2) is 0 Å². The highest BCUT2D eigenvalue weighted by atomic mass is 127. The van der Waals surface area contributed by atoms with Crippen molar-refractivity contribution in [2.75, 3.05) is 27.8 Å². The van der Waals surface area contributed by atoms with Gasteiger partial charge >= 0.3 is 0 Å². The number of aliphatic imine (C=N–C) groups is 1. The van der Waals surface area contributed by atoms with E-state index < -0.39 is 0 Å². The molecule has 0 spiro atoms. The van der Waals surface area contributed by atoms with E-state index in [1.165, 1.54) is 0 Å². The highest BCUT2D eigenvalue weighted by Crippen LogP contribution is 2.26. The molecule has 0 saturated heterocycles. The van der Waals surface area contributed by atoms with Crippen LogP contribution in [0.2, 0.25) is 0 Å². The Kier molecular flexibility index (Phi) is 10.6. The van der Waals surface area contributed by atoms with Crippen LogP contribution in [0.4, 0.5) is 0 Å². The van der Waals surface area contributed by atoms with Gasteiger partial charge in [0.05, 0.1) is 33.0 Å². The van der Waals surface area contributed by atoms with Crippen LogP contribution in [0.25, 0.3) is 0 Å². The number of aryl methyl sites for hydroxylation is 1. The van der Waals surface area contributed by atoms with E-state index in [2.05, 4.69) is 20.6 Å². The highest BCUT2D eigenvalue weighted by Gasteiger charge is 2.12. The smallest absolute Gasteiger partial charge is 0.191 e. The zero-order valence-corrected chi connectivity index (χ0v) is 20.2. The number of nitrogens with one attached hydrogen (secondary N) is 2. The summed E-state index contributed by atoms with van der Waals surface area (Å²) >= 11 is 0. The monoisotopic (exact) mass is 514 g/mol. The average Bonchev–Trinajstić information content (AvgIpc) is 2.70. The summed E-state index contributed by atoms with van der Waals surface area (Å²) in [7, 11) is 5.04. The number of halogens is 1. The van der Waals surface area contributed by atoms with E-state index in [-0.39, 0.29) is 30.1 Å². The largest absolute Gasteiger partial charge is 0.496 e. The molecule has 0 aliphatic rings. The molecule has 2 N–H and O–H groups in total. The maximum Gasteiger partial charge on any atom is 0.191 e. The molecule has 1 unspecified atom stereocenters. The topological polar surface area (TPSA) is 77.0 Å². The lowest BCUT2D eigenvalue weighted by molar-refractivity contribution is 0.213. The molecule has 0 bridgehead atoms. The number of hydrogen-bond donors (Lipinski definition) is 2. The van der Waals surface area contributed by atoms with Crippen molar-refractivity contribution in [1.29, 1.82) is 0 Å².